The Morgan fingerprint density at radius 2 is 1.97 bits per heavy atom. The Kier molecular flexibility index (Phi) is 4.59. The topological polar surface area (TPSA) is 128 Å². The van der Waals surface area contributed by atoms with Crippen molar-refractivity contribution in [2.45, 2.75) is 37.2 Å². The fourth-order valence-corrected chi connectivity index (χ4v) is 5.95. The number of fused-ring (bicyclic) bond motifs is 2. The van der Waals surface area contributed by atoms with Crippen LogP contribution in [0.1, 0.15) is 35.7 Å². The number of hydrogen-bond acceptors (Lipinski definition) is 7. The molecule has 6 rings (SSSR count). The van der Waals surface area contributed by atoms with Gasteiger partial charge in [-0.2, -0.15) is 5.10 Å². The van der Waals surface area contributed by atoms with Gasteiger partial charge in [-0.05, 0) is 49.4 Å². The lowest BCUT2D eigenvalue weighted by Gasteiger charge is -2.24. The molecule has 1 aromatic carbocycles. The summed E-state index contributed by atoms with van der Waals surface area (Å²) in [6.45, 7) is 2.44. The molecule has 180 valence electrons. The summed E-state index contributed by atoms with van der Waals surface area (Å²) in [6.07, 6.45) is 8.48. The maximum absolute atomic E-state index is 13.3. The third-order valence-corrected chi connectivity index (χ3v) is 8.21. The summed E-state index contributed by atoms with van der Waals surface area (Å²) in [6, 6.07) is 5.38. The van der Waals surface area contributed by atoms with Gasteiger partial charge >= 0.3 is 0 Å². The summed E-state index contributed by atoms with van der Waals surface area (Å²) >= 11 is 0. The number of nitrogen functional groups attached to an aromatic ring is 1. The normalized spacial score (nSPS) is 16.8. The molecule has 0 spiro atoms. The number of sulfone groups is 1. The number of aromatic nitrogens is 5. The van der Waals surface area contributed by atoms with E-state index in [0.717, 1.165) is 24.8 Å². The lowest BCUT2D eigenvalue weighted by Crippen LogP contribution is -2.35. The number of carbonyl (C=O) groups is 1. The maximum Gasteiger partial charge on any atom is 0.256 e. The van der Waals surface area contributed by atoms with Crippen molar-refractivity contribution in [3.05, 3.63) is 47.9 Å². The van der Waals surface area contributed by atoms with Crippen LogP contribution in [0.5, 0.6) is 0 Å². The SMILES string of the molecule is C[C@@H](C1CC1)N1Cc2cc(-c3cnc4c(N)nc(-c5ccnn5C)cn34)cc(S(C)(=O)=O)c2C1=O. The number of rotatable bonds is 5. The second-order valence-electron chi connectivity index (χ2n) is 9.48. The first-order chi connectivity index (χ1) is 16.6. The van der Waals surface area contributed by atoms with Crippen LogP contribution in [0.2, 0.25) is 0 Å². The molecule has 0 unspecified atom stereocenters. The van der Waals surface area contributed by atoms with Crippen molar-refractivity contribution in [2.24, 2.45) is 13.0 Å². The molecule has 11 heteroatoms. The van der Waals surface area contributed by atoms with E-state index >= 15 is 0 Å². The van der Waals surface area contributed by atoms with Crippen molar-refractivity contribution >= 4 is 27.2 Å². The minimum Gasteiger partial charge on any atom is -0.381 e. The molecule has 0 radical (unpaired) electrons. The molecule has 1 aliphatic heterocycles. The highest BCUT2D eigenvalue weighted by molar-refractivity contribution is 7.90. The highest BCUT2D eigenvalue weighted by Gasteiger charge is 2.41. The molecule has 1 aliphatic carbocycles. The summed E-state index contributed by atoms with van der Waals surface area (Å²) in [5.41, 5.74) is 10.4. The van der Waals surface area contributed by atoms with E-state index < -0.39 is 9.84 Å². The second kappa shape index (κ2) is 7.38. The van der Waals surface area contributed by atoms with Crippen molar-refractivity contribution in [1.82, 2.24) is 29.0 Å². The molecule has 35 heavy (non-hydrogen) atoms. The van der Waals surface area contributed by atoms with Gasteiger partial charge in [0.25, 0.3) is 5.91 Å². The van der Waals surface area contributed by atoms with E-state index in [-0.39, 0.29) is 28.2 Å². The number of anilines is 1. The summed E-state index contributed by atoms with van der Waals surface area (Å²) in [5.74, 6) is 0.518. The fraction of sp³-hybridized carbons (Fsp3) is 0.333. The Hall–Kier alpha value is -3.73. The lowest BCUT2D eigenvalue weighted by molar-refractivity contribution is 0.0694. The number of amides is 1. The zero-order valence-corrected chi connectivity index (χ0v) is 20.5. The quantitative estimate of drug-likeness (QED) is 0.454. The van der Waals surface area contributed by atoms with Gasteiger partial charge in [0.05, 0.1) is 28.0 Å². The van der Waals surface area contributed by atoms with E-state index in [9.17, 15) is 13.2 Å². The average Bonchev–Trinajstić information content (AvgIpc) is 3.28. The largest absolute Gasteiger partial charge is 0.381 e. The summed E-state index contributed by atoms with van der Waals surface area (Å²) in [5, 5.41) is 4.20. The number of imidazole rings is 1. The van der Waals surface area contributed by atoms with Crippen LogP contribution in [-0.2, 0) is 23.4 Å². The van der Waals surface area contributed by atoms with Crippen molar-refractivity contribution in [3.8, 4) is 22.6 Å². The second-order valence-corrected chi connectivity index (χ2v) is 11.5. The first-order valence-corrected chi connectivity index (χ1v) is 13.3. The van der Waals surface area contributed by atoms with Crippen LogP contribution in [0, 0.1) is 5.92 Å². The number of hydrogen-bond donors (Lipinski definition) is 1. The zero-order chi connectivity index (χ0) is 24.6. The van der Waals surface area contributed by atoms with Crippen LogP contribution in [0.4, 0.5) is 5.82 Å². The minimum absolute atomic E-state index is 0.0457. The molecule has 3 aromatic heterocycles. The molecule has 1 saturated carbocycles. The maximum atomic E-state index is 13.3. The van der Waals surface area contributed by atoms with Gasteiger partial charge in [-0.3, -0.25) is 13.9 Å². The first-order valence-electron chi connectivity index (χ1n) is 11.4. The van der Waals surface area contributed by atoms with Crippen molar-refractivity contribution in [2.75, 3.05) is 12.0 Å². The number of nitrogens with zero attached hydrogens (tertiary/aromatic N) is 6. The summed E-state index contributed by atoms with van der Waals surface area (Å²) in [7, 11) is -1.85. The molecule has 1 atom stereocenters. The third-order valence-electron chi connectivity index (χ3n) is 7.09. The molecule has 2 aliphatic rings. The minimum atomic E-state index is -3.66. The van der Waals surface area contributed by atoms with Crippen molar-refractivity contribution in [1.29, 1.82) is 0 Å². The number of benzene rings is 1. The number of aryl methyl sites for hydroxylation is 1. The monoisotopic (exact) mass is 491 g/mol. The predicted molar refractivity (Wildman–Crippen MR) is 130 cm³/mol. The Bertz CT molecular complexity index is 1630. The van der Waals surface area contributed by atoms with Gasteiger partial charge < -0.3 is 10.6 Å². The van der Waals surface area contributed by atoms with Crippen LogP contribution >= 0.6 is 0 Å². The number of nitrogens with two attached hydrogens (primary N) is 1. The van der Waals surface area contributed by atoms with Crippen molar-refractivity contribution in [3.63, 3.8) is 0 Å². The summed E-state index contributed by atoms with van der Waals surface area (Å²) < 4.78 is 29.1. The third kappa shape index (κ3) is 3.41. The van der Waals surface area contributed by atoms with E-state index in [1.54, 1.807) is 32.4 Å². The van der Waals surface area contributed by atoms with E-state index in [1.807, 2.05) is 32.3 Å². The van der Waals surface area contributed by atoms with Crippen molar-refractivity contribution < 1.29 is 13.2 Å². The average molecular weight is 492 g/mol. The molecule has 4 aromatic rings. The zero-order valence-electron chi connectivity index (χ0n) is 19.6. The molecule has 4 heterocycles. The molecule has 2 N–H and O–H groups in total. The van der Waals surface area contributed by atoms with Crippen LogP contribution in [0.25, 0.3) is 28.3 Å². The van der Waals surface area contributed by atoms with Gasteiger partial charge in [0.15, 0.2) is 21.3 Å². The first kappa shape index (κ1) is 21.8. The summed E-state index contributed by atoms with van der Waals surface area (Å²) in [4.78, 5) is 24.1. The van der Waals surface area contributed by atoms with Crippen LogP contribution in [-0.4, -0.2) is 55.7 Å². The standard InChI is InChI=1S/C24H25N7O3S/c1-13(14-4-5-14)30-11-16-8-15(9-20(35(3,33)34)21(16)24(30)32)19-10-26-23-22(25)28-17(12-31(19)23)18-6-7-27-29(18)2/h6-10,12-14H,4-5,11H2,1-3H3,(H2,25,28)/t13-/m0/s1. The molecule has 10 nitrogen and oxygen atoms in total. The molecular weight excluding hydrogens is 466 g/mol. The molecule has 1 fully saturated rings. The molecular formula is C24H25N7O3S. The highest BCUT2D eigenvalue weighted by atomic mass is 32.2. The van der Waals surface area contributed by atoms with Crippen LogP contribution in [0.15, 0.2) is 41.7 Å². The lowest BCUT2D eigenvalue weighted by atomic mass is 10.0. The predicted octanol–water partition coefficient (Wildman–Crippen LogP) is 2.54. The Morgan fingerprint density at radius 1 is 1.20 bits per heavy atom. The van der Waals surface area contributed by atoms with E-state index in [1.165, 1.54) is 0 Å². The van der Waals surface area contributed by atoms with Gasteiger partial charge in [-0.15, -0.1) is 0 Å². The molecule has 1 amide bonds. The molecule has 0 saturated heterocycles. The number of carbonyl (C=O) groups excluding carboxylic acids is 1. The van der Waals surface area contributed by atoms with E-state index in [4.69, 9.17) is 5.73 Å². The Labute approximate surface area is 202 Å². The smallest absolute Gasteiger partial charge is 0.256 e. The van der Waals surface area contributed by atoms with E-state index in [0.29, 0.717) is 40.6 Å². The Balaban J connectivity index is 1.53. The fourth-order valence-electron chi connectivity index (χ4n) is 5.02. The van der Waals surface area contributed by atoms with Gasteiger partial charge in [0, 0.05) is 43.8 Å². The molecule has 0 bridgehead atoms. The van der Waals surface area contributed by atoms with Gasteiger partial charge in [-0.1, -0.05) is 0 Å². The van der Waals surface area contributed by atoms with E-state index in [2.05, 4.69) is 15.1 Å². The highest BCUT2D eigenvalue weighted by Crippen LogP contribution is 2.41. The van der Waals surface area contributed by atoms with Crippen LogP contribution < -0.4 is 5.73 Å². The van der Waals surface area contributed by atoms with Gasteiger partial charge in [0.1, 0.15) is 5.69 Å². The van der Waals surface area contributed by atoms with Gasteiger partial charge in [-0.25, -0.2) is 18.4 Å². The Morgan fingerprint density at radius 3 is 2.63 bits per heavy atom. The van der Waals surface area contributed by atoms with Crippen LogP contribution in [0.3, 0.4) is 0 Å². The van der Waals surface area contributed by atoms with Gasteiger partial charge in [0.2, 0.25) is 0 Å².